The highest BCUT2D eigenvalue weighted by atomic mass is 19.4. The van der Waals surface area contributed by atoms with Crippen LogP contribution in [0.25, 0.3) is 6.08 Å². The third-order valence-electron chi connectivity index (χ3n) is 3.55. The molecule has 1 aliphatic heterocycles. The number of amides is 2. The maximum absolute atomic E-state index is 12.6. The number of carbonyl (C=O) groups is 2. The summed E-state index contributed by atoms with van der Waals surface area (Å²) in [5, 5.41) is 0. The van der Waals surface area contributed by atoms with Crippen LogP contribution in [-0.4, -0.2) is 29.5 Å². The summed E-state index contributed by atoms with van der Waals surface area (Å²) in [5.74, 6) is -0.587. The minimum atomic E-state index is -4.45. The number of rotatable bonds is 3. The van der Waals surface area contributed by atoms with Crippen molar-refractivity contribution in [1.82, 2.24) is 4.90 Å². The molecule has 0 bridgehead atoms. The molecule has 1 aliphatic rings. The van der Waals surface area contributed by atoms with Crippen LogP contribution in [0, 0.1) is 5.92 Å². The Balaban J connectivity index is 2.17. The number of carbonyl (C=O) groups excluding carboxylic acids is 2. The second-order valence-corrected chi connectivity index (χ2v) is 5.55. The van der Waals surface area contributed by atoms with Gasteiger partial charge in [-0.05, 0) is 29.7 Å². The molecule has 1 aromatic carbocycles. The van der Waals surface area contributed by atoms with Crippen molar-refractivity contribution in [2.45, 2.75) is 26.1 Å². The summed E-state index contributed by atoms with van der Waals surface area (Å²) < 4.78 is 42.8. The standard InChI is InChI=1S/C16H16F3NO3/c1-10(2)13-9-23-15(22)20(13)14(21)7-6-11-4-3-5-12(8-11)16(17,18)19/h3-8,10,13H,9H2,1-2H3/b7-6+. The summed E-state index contributed by atoms with van der Waals surface area (Å²) in [5.41, 5.74) is -0.574. The first-order chi connectivity index (χ1) is 10.7. The molecule has 1 aromatic rings. The number of halogens is 3. The smallest absolute Gasteiger partial charge is 0.417 e. The zero-order valence-electron chi connectivity index (χ0n) is 12.6. The Kier molecular flexibility index (Phi) is 4.77. The lowest BCUT2D eigenvalue weighted by molar-refractivity contribution is -0.137. The van der Waals surface area contributed by atoms with Gasteiger partial charge in [0.25, 0.3) is 5.91 Å². The summed E-state index contributed by atoms with van der Waals surface area (Å²) >= 11 is 0. The molecule has 7 heteroatoms. The van der Waals surface area contributed by atoms with Gasteiger partial charge < -0.3 is 4.74 Å². The summed E-state index contributed by atoms with van der Waals surface area (Å²) in [6, 6.07) is 4.22. The zero-order chi connectivity index (χ0) is 17.2. The second-order valence-electron chi connectivity index (χ2n) is 5.55. The first-order valence-corrected chi connectivity index (χ1v) is 7.05. The summed E-state index contributed by atoms with van der Waals surface area (Å²) in [4.78, 5) is 24.8. The van der Waals surface area contributed by atoms with E-state index in [1.54, 1.807) is 0 Å². The highest BCUT2D eigenvalue weighted by molar-refractivity contribution is 6.02. The van der Waals surface area contributed by atoms with Crippen LogP contribution in [0.5, 0.6) is 0 Å². The molecule has 1 saturated heterocycles. The molecule has 1 heterocycles. The van der Waals surface area contributed by atoms with Crippen LogP contribution in [0.3, 0.4) is 0 Å². The Hall–Kier alpha value is -2.31. The van der Waals surface area contributed by atoms with Crippen molar-refractivity contribution in [2.24, 2.45) is 5.92 Å². The fraction of sp³-hybridized carbons (Fsp3) is 0.375. The topological polar surface area (TPSA) is 46.6 Å². The number of ether oxygens (including phenoxy) is 1. The van der Waals surface area contributed by atoms with Crippen LogP contribution in [-0.2, 0) is 15.7 Å². The molecule has 0 aromatic heterocycles. The van der Waals surface area contributed by atoms with E-state index < -0.39 is 23.7 Å². The molecule has 2 amide bonds. The van der Waals surface area contributed by atoms with Gasteiger partial charge in [-0.3, -0.25) is 4.79 Å². The van der Waals surface area contributed by atoms with E-state index in [9.17, 15) is 22.8 Å². The fourth-order valence-electron chi connectivity index (χ4n) is 2.25. The monoisotopic (exact) mass is 327 g/mol. The Morgan fingerprint density at radius 3 is 2.70 bits per heavy atom. The van der Waals surface area contributed by atoms with Crippen LogP contribution < -0.4 is 0 Å². The Bertz CT molecular complexity index is 638. The SMILES string of the molecule is CC(C)C1COC(=O)N1C(=O)/C=C/c1cccc(C(F)(F)F)c1. The molecule has 0 N–H and O–H groups in total. The van der Waals surface area contributed by atoms with E-state index in [1.807, 2.05) is 13.8 Å². The number of cyclic esters (lactones) is 1. The van der Waals surface area contributed by atoms with Crippen molar-refractivity contribution in [3.63, 3.8) is 0 Å². The average Bonchev–Trinajstić information content (AvgIpc) is 2.86. The number of benzene rings is 1. The minimum Gasteiger partial charge on any atom is -0.447 e. The van der Waals surface area contributed by atoms with Crippen molar-refractivity contribution in [3.8, 4) is 0 Å². The molecule has 1 fully saturated rings. The molecular formula is C16H16F3NO3. The molecule has 0 aliphatic carbocycles. The molecule has 23 heavy (non-hydrogen) atoms. The van der Waals surface area contributed by atoms with Crippen molar-refractivity contribution < 1.29 is 27.5 Å². The van der Waals surface area contributed by atoms with E-state index in [1.165, 1.54) is 18.2 Å². The van der Waals surface area contributed by atoms with Crippen molar-refractivity contribution in [1.29, 1.82) is 0 Å². The Morgan fingerprint density at radius 2 is 2.09 bits per heavy atom. The molecule has 1 atom stereocenters. The van der Waals surface area contributed by atoms with Gasteiger partial charge in [-0.1, -0.05) is 26.0 Å². The lowest BCUT2D eigenvalue weighted by Crippen LogP contribution is -2.40. The third kappa shape index (κ3) is 3.91. The van der Waals surface area contributed by atoms with Crippen molar-refractivity contribution >= 4 is 18.1 Å². The number of imide groups is 1. The Labute approximate surface area is 131 Å². The quantitative estimate of drug-likeness (QED) is 0.795. The van der Waals surface area contributed by atoms with E-state index in [0.29, 0.717) is 0 Å². The van der Waals surface area contributed by atoms with Crippen LogP contribution in [0.1, 0.15) is 25.0 Å². The molecule has 4 nitrogen and oxygen atoms in total. The summed E-state index contributed by atoms with van der Waals surface area (Å²) in [6.07, 6.45) is -2.85. The van der Waals surface area contributed by atoms with Gasteiger partial charge in [0.15, 0.2) is 0 Å². The maximum Gasteiger partial charge on any atom is 0.417 e. The zero-order valence-corrected chi connectivity index (χ0v) is 12.6. The van der Waals surface area contributed by atoms with Crippen molar-refractivity contribution in [3.05, 3.63) is 41.5 Å². The van der Waals surface area contributed by atoms with Crippen LogP contribution in [0.4, 0.5) is 18.0 Å². The van der Waals surface area contributed by atoms with Crippen LogP contribution >= 0.6 is 0 Å². The molecule has 0 spiro atoms. The van der Waals surface area contributed by atoms with Crippen LogP contribution in [0.15, 0.2) is 30.3 Å². The molecule has 0 saturated carbocycles. The molecule has 0 radical (unpaired) electrons. The highest BCUT2D eigenvalue weighted by Gasteiger charge is 2.38. The number of nitrogens with zero attached hydrogens (tertiary/aromatic N) is 1. The van der Waals surface area contributed by atoms with E-state index in [2.05, 4.69) is 0 Å². The maximum atomic E-state index is 12.6. The highest BCUT2D eigenvalue weighted by Crippen LogP contribution is 2.29. The Morgan fingerprint density at radius 1 is 1.39 bits per heavy atom. The predicted molar refractivity (Wildman–Crippen MR) is 77.3 cm³/mol. The van der Waals surface area contributed by atoms with E-state index >= 15 is 0 Å². The van der Waals surface area contributed by atoms with E-state index in [-0.39, 0.29) is 24.1 Å². The molecular weight excluding hydrogens is 311 g/mol. The summed E-state index contributed by atoms with van der Waals surface area (Å²) in [6.45, 7) is 3.83. The van der Waals surface area contributed by atoms with Crippen LogP contribution in [0.2, 0.25) is 0 Å². The normalized spacial score (nSPS) is 18.8. The van der Waals surface area contributed by atoms with E-state index in [4.69, 9.17) is 4.74 Å². The van der Waals surface area contributed by atoms with Gasteiger partial charge in [0.1, 0.15) is 6.61 Å². The molecule has 124 valence electrons. The van der Waals surface area contributed by atoms with Gasteiger partial charge in [0.05, 0.1) is 11.6 Å². The molecule has 2 rings (SSSR count). The fourth-order valence-corrected chi connectivity index (χ4v) is 2.25. The second kappa shape index (κ2) is 6.44. The van der Waals surface area contributed by atoms with Gasteiger partial charge in [-0.2, -0.15) is 13.2 Å². The van der Waals surface area contributed by atoms with Gasteiger partial charge >= 0.3 is 12.3 Å². The number of hydrogen-bond acceptors (Lipinski definition) is 3. The third-order valence-corrected chi connectivity index (χ3v) is 3.55. The predicted octanol–water partition coefficient (Wildman–Crippen LogP) is 3.72. The van der Waals surface area contributed by atoms with Gasteiger partial charge in [-0.25, -0.2) is 9.69 Å². The number of alkyl halides is 3. The van der Waals surface area contributed by atoms with Gasteiger partial charge in [-0.15, -0.1) is 0 Å². The lowest BCUT2D eigenvalue weighted by atomic mass is 10.0. The minimum absolute atomic E-state index is 0.0207. The molecule has 1 unspecified atom stereocenters. The van der Waals surface area contributed by atoms with Gasteiger partial charge in [0.2, 0.25) is 0 Å². The van der Waals surface area contributed by atoms with Gasteiger partial charge in [0, 0.05) is 6.08 Å². The van der Waals surface area contributed by atoms with E-state index in [0.717, 1.165) is 23.1 Å². The first kappa shape index (κ1) is 17.1. The van der Waals surface area contributed by atoms with Crippen molar-refractivity contribution in [2.75, 3.05) is 6.61 Å². The number of hydrogen-bond donors (Lipinski definition) is 0. The first-order valence-electron chi connectivity index (χ1n) is 7.05. The summed E-state index contributed by atoms with van der Waals surface area (Å²) in [7, 11) is 0. The average molecular weight is 327 g/mol. The lowest BCUT2D eigenvalue weighted by Gasteiger charge is -2.21. The largest absolute Gasteiger partial charge is 0.447 e.